The van der Waals surface area contributed by atoms with Crippen LogP contribution in [0.3, 0.4) is 0 Å². The van der Waals surface area contributed by atoms with E-state index in [9.17, 15) is 14.4 Å². The first-order valence-electron chi connectivity index (χ1n) is 27.4. The second-order valence-electron chi connectivity index (χ2n) is 20.9. The van der Waals surface area contributed by atoms with Crippen molar-refractivity contribution in [3.63, 3.8) is 0 Å². The van der Waals surface area contributed by atoms with Crippen LogP contribution in [0, 0.1) is 10.8 Å². The van der Waals surface area contributed by atoms with Gasteiger partial charge in [-0.2, -0.15) is 0 Å². The van der Waals surface area contributed by atoms with Gasteiger partial charge in [-0.3, -0.25) is 14.4 Å². The molecule has 0 radical (unpaired) electrons. The van der Waals surface area contributed by atoms with E-state index in [1.165, 1.54) is 154 Å². The molecule has 8 heteroatoms. The fraction of sp³-hybridized carbons (Fsp3) is 0.945. The molecule has 2 atom stereocenters. The Balaban J connectivity index is 2.57. The summed E-state index contributed by atoms with van der Waals surface area (Å²) in [6.45, 7) is 17.9. The van der Waals surface area contributed by atoms with E-state index in [-0.39, 0.29) is 34.8 Å². The third-order valence-corrected chi connectivity index (χ3v) is 13.4. The SMILES string of the molecule is CCCCCCCCCCCCOC(=O)CCNC1CC(C)(C)CC(C)(CN(CCC(=O)OCCCCCCCCCCCC)CCC(=O)OCCCCCCCCCCCC)C1. The maximum atomic E-state index is 13.0. The number of ether oxygens (including phenoxy) is 3. The Kier molecular flexibility index (Phi) is 38.2. The molecule has 0 spiro atoms. The Morgan fingerprint density at radius 2 is 0.778 bits per heavy atom. The number of nitrogens with zero attached hydrogens (tertiary/aromatic N) is 1. The molecule has 1 aliphatic rings. The zero-order chi connectivity index (χ0) is 46.1. The van der Waals surface area contributed by atoms with Crippen LogP contribution >= 0.6 is 0 Å². The van der Waals surface area contributed by atoms with Gasteiger partial charge in [-0.25, -0.2) is 0 Å². The molecule has 0 bridgehead atoms. The number of nitrogens with one attached hydrogen (secondary N) is 1. The van der Waals surface area contributed by atoms with Crippen molar-refractivity contribution < 1.29 is 28.6 Å². The lowest BCUT2D eigenvalue weighted by atomic mass is 9.62. The molecule has 0 aromatic heterocycles. The lowest BCUT2D eigenvalue weighted by molar-refractivity contribution is -0.145. The largest absolute Gasteiger partial charge is 0.466 e. The van der Waals surface area contributed by atoms with Crippen LogP contribution in [-0.4, -0.2) is 74.8 Å². The minimum absolute atomic E-state index is 0.0186. The Morgan fingerprint density at radius 3 is 1.13 bits per heavy atom. The molecule has 0 saturated heterocycles. The average molecular weight is 891 g/mol. The number of carbonyl (C=O) groups excluding carboxylic acids is 3. The molecular weight excluding hydrogens is 785 g/mol. The van der Waals surface area contributed by atoms with Crippen LogP contribution in [0.2, 0.25) is 0 Å². The van der Waals surface area contributed by atoms with Gasteiger partial charge in [0.25, 0.3) is 0 Å². The molecule has 0 aliphatic heterocycles. The standard InChI is InChI=1S/C55H106N2O6/c1-7-10-13-16-19-22-25-28-31-34-43-61-51(58)37-40-56-50-46-54(4,5)48-55(6,47-50)49-57(41-38-52(59)62-44-35-32-29-26-23-20-17-14-11-8-2)42-39-53(60)63-45-36-33-30-27-24-21-18-15-12-9-3/h50,56H,7-49H2,1-6H3. The lowest BCUT2D eigenvalue weighted by Crippen LogP contribution is -2.50. The number of hydrogen-bond donors (Lipinski definition) is 1. The molecule has 63 heavy (non-hydrogen) atoms. The predicted octanol–water partition coefficient (Wildman–Crippen LogP) is 15.0. The minimum Gasteiger partial charge on any atom is -0.466 e. The fourth-order valence-electron chi connectivity index (χ4n) is 10.1. The van der Waals surface area contributed by atoms with Gasteiger partial charge in [-0.1, -0.05) is 215 Å². The molecule has 372 valence electrons. The van der Waals surface area contributed by atoms with Gasteiger partial charge >= 0.3 is 17.9 Å². The first-order chi connectivity index (χ1) is 30.5. The maximum Gasteiger partial charge on any atom is 0.307 e. The molecule has 1 aliphatic carbocycles. The summed E-state index contributed by atoms with van der Waals surface area (Å²) in [5, 5.41) is 3.72. The van der Waals surface area contributed by atoms with Crippen LogP contribution in [0.5, 0.6) is 0 Å². The summed E-state index contributed by atoms with van der Waals surface area (Å²) in [5.74, 6) is -0.399. The van der Waals surface area contributed by atoms with Crippen LogP contribution < -0.4 is 5.32 Å². The molecule has 0 aromatic rings. The van der Waals surface area contributed by atoms with E-state index in [4.69, 9.17) is 14.2 Å². The molecule has 1 N–H and O–H groups in total. The molecule has 0 heterocycles. The van der Waals surface area contributed by atoms with Crippen LogP contribution in [0.15, 0.2) is 0 Å². The highest BCUT2D eigenvalue weighted by Gasteiger charge is 2.42. The molecular formula is C55H106N2O6. The Morgan fingerprint density at radius 1 is 0.460 bits per heavy atom. The molecule has 0 amide bonds. The van der Waals surface area contributed by atoms with Gasteiger partial charge in [0.2, 0.25) is 0 Å². The smallest absolute Gasteiger partial charge is 0.307 e. The number of unbranched alkanes of at least 4 members (excludes halogenated alkanes) is 27. The van der Waals surface area contributed by atoms with Gasteiger partial charge in [-0.15, -0.1) is 0 Å². The zero-order valence-corrected chi connectivity index (χ0v) is 42.9. The van der Waals surface area contributed by atoms with E-state index in [1.807, 2.05) is 0 Å². The molecule has 0 aromatic carbocycles. The molecule has 1 rings (SSSR count). The van der Waals surface area contributed by atoms with E-state index >= 15 is 0 Å². The normalized spacial score (nSPS) is 17.3. The first kappa shape index (κ1) is 59.3. The number of carbonyl (C=O) groups is 3. The summed E-state index contributed by atoms with van der Waals surface area (Å²) in [6.07, 6.45) is 41.9. The zero-order valence-electron chi connectivity index (χ0n) is 42.9. The van der Waals surface area contributed by atoms with Gasteiger partial charge in [0, 0.05) is 32.2 Å². The van der Waals surface area contributed by atoms with Crippen LogP contribution in [0.25, 0.3) is 0 Å². The predicted molar refractivity (Wildman–Crippen MR) is 266 cm³/mol. The second kappa shape index (κ2) is 40.6. The van der Waals surface area contributed by atoms with Crippen molar-refractivity contribution in [3.05, 3.63) is 0 Å². The van der Waals surface area contributed by atoms with E-state index in [0.29, 0.717) is 58.7 Å². The number of hydrogen-bond acceptors (Lipinski definition) is 8. The van der Waals surface area contributed by atoms with Crippen LogP contribution in [0.1, 0.15) is 273 Å². The van der Waals surface area contributed by atoms with Crippen LogP contribution in [-0.2, 0) is 28.6 Å². The number of esters is 3. The summed E-state index contributed by atoms with van der Waals surface area (Å²) in [5.41, 5.74) is 0.101. The Hall–Kier alpha value is -1.67. The quantitative estimate of drug-likeness (QED) is 0.0367. The Labute approximate surface area is 391 Å². The second-order valence-corrected chi connectivity index (χ2v) is 20.9. The first-order valence-corrected chi connectivity index (χ1v) is 27.4. The minimum atomic E-state index is -0.145. The van der Waals surface area contributed by atoms with Crippen molar-refractivity contribution in [3.8, 4) is 0 Å². The monoisotopic (exact) mass is 891 g/mol. The summed E-state index contributed by atoms with van der Waals surface area (Å²) in [6, 6.07) is 0.285. The third-order valence-electron chi connectivity index (χ3n) is 13.4. The molecule has 2 unspecified atom stereocenters. The van der Waals surface area contributed by atoms with Crippen molar-refractivity contribution in [1.82, 2.24) is 10.2 Å². The van der Waals surface area contributed by atoms with Crippen molar-refractivity contribution in [2.24, 2.45) is 10.8 Å². The maximum absolute atomic E-state index is 13.0. The van der Waals surface area contributed by atoms with E-state index < -0.39 is 0 Å². The van der Waals surface area contributed by atoms with Gasteiger partial charge in [0.05, 0.1) is 39.1 Å². The van der Waals surface area contributed by atoms with Crippen molar-refractivity contribution in [2.45, 2.75) is 279 Å². The highest BCUT2D eigenvalue weighted by molar-refractivity contribution is 5.70. The third kappa shape index (κ3) is 37.2. The highest BCUT2D eigenvalue weighted by atomic mass is 16.5. The van der Waals surface area contributed by atoms with Crippen molar-refractivity contribution in [2.75, 3.05) is 46.0 Å². The summed E-state index contributed by atoms with van der Waals surface area (Å²) in [7, 11) is 0. The number of rotatable bonds is 45. The van der Waals surface area contributed by atoms with Crippen molar-refractivity contribution >= 4 is 17.9 Å². The van der Waals surface area contributed by atoms with Crippen molar-refractivity contribution in [1.29, 1.82) is 0 Å². The Bertz CT molecular complexity index is 1040. The van der Waals surface area contributed by atoms with Crippen LogP contribution in [0.4, 0.5) is 0 Å². The fourth-order valence-corrected chi connectivity index (χ4v) is 10.1. The molecule has 8 nitrogen and oxygen atoms in total. The highest BCUT2D eigenvalue weighted by Crippen LogP contribution is 2.46. The van der Waals surface area contributed by atoms with Gasteiger partial charge in [0.1, 0.15) is 0 Å². The summed E-state index contributed by atoms with van der Waals surface area (Å²) >= 11 is 0. The molecule has 1 fully saturated rings. The lowest BCUT2D eigenvalue weighted by Gasteiger charge is -2.48. The average Bonchev–Trinajstić information content (AvgIpc) is 3.24. The summed E-state index contributed by atoms with van der Waals surface area (Å²) in [4.78, 5) is 40.8. The van der Waals surface area contributed by atoms with E-state index in [2.05, 4.69) is 51.8 Å². The van der Waals surface area contributed by atoms with E-state index in [1.54, 1.807) is 0 Å². The summed E-state index contributed by atoms with van der Waals surface area (Å²) < 4.78 is 17.0. The van der Waals surface area contributed by atoms with Gasteiger partial charge in [-0.05, 0) is 49.4 Å². The van der Waals surface area contributed by atoms with E-state index in [0.717, 1.165) is 64.3 Å². The van der Waals surface area contributed by atoms with Gasteiger partial charge in [0.15, 0.2) is 0 Å². The van der Waals surface area contributed by atoms with Gasteiger partial charge < -0.3 is 24.4 Å². The topological polar surface area (TPSA) is 94.2 Å². The molecule has 1 saturated carbocycles.